The molecule has 1 saturated heterocycles. The van der Waals surface area contributed by atoms with Crippen molar-refractivity contribution in [3.05, 3.63) is 21.6 Å². The average Bonchev–Trinajstić information content (AvgIpc) is 2.30. The highest BCUT2D eigenvalue weighted by molar-refractivity contribution is 9.10. The lowest BCUT2D eigenvalue weighted by atomic mass is 10.1. The van der Waals surface area contributed by atoms with Gasteiger partial charge in [-0.05, 0) is 54.0 Å². The number of benzene rings is 1. The summed E-state index contributed by atoms with van der Waals surface area (Å²) in [7, 11) is 1.67. The molecule has 0 unspecified atom stereocenters. The van der Waals surface area contributed by atoms with E-state index in [1.807, 2.05) is 12.1 Å². The van der Waals surface area contributed by atoms with Gasteiger partial charge in [-0.25, -0.2) is 0 Å². The molecule has 0 aromatic heterocycles. The van der Waals surface area contributed by atoms with E-state index in [4.69, 9.17) is 16.3 Å². The minimum Gasteiger partial charge on any atom is -0.493 e. The normalized spacial score (nSPS) is 16.9. The Hall–Kier alpha value is -0.450. The molecule has 1 heterocycles. The van der Waals surface area contributed by atoms with Gasteiger partial charge in [-0.15, -0.1) is 0 Å². The first-order valence-corrected chi connectivity index (χ1v) is 6.88. The van der Waals surface area contributed by atoms with Crippen molar-refractivity contribution < 1.29 is 4.74 Å². The molecule has 0 amide bonds. The van der Waals surface area contributed by atoms with Crippen LogP contribution in [0, 0.1) is 0 Å². The van der Waals surface area contributed by atoms with Crippen molar-refractivity contribution >= 4 is 33.2 Å². The van der Waals surface area contributed by atoms with Crippen molar-refractivity contribution in [3.8, 4) is 5.75 Å². The summed E-state index contributed by atoms with van der Waals surface area (Å²) < 4.78 is 6.27. The Kier molecular flexibility index (Phi) is 4.54. The van der Waals surface area contributed by atoms with Crippen molar-refractivity contribution in [1.82, 2.24) is 5.32 Å². The van der Waals surface area contributed by atoms with Gasteiger partial charge < -0.3 is 15.4 Å². The van der Waals surface area contributed by atoms with Crippen LogP contribution in [0.25, 0.3) is 0 Å². The van der Waals surface area contributed by atoms with E-state index in [0.29, 0.717) is 11.1 Å². The molecule has 1 aliphatic heterocycles. The van der Waals surface area contributed by atoms with Crippen LogP contribution in [-0.2, 0) is 0 Å². The van der Waals surface area contributed by atoms with E-state index >= 15 is 0 Å². The number of nitrogens with one attached hydrogen (secondary N) is 2. The number of ether oxygens (including phenoxy) is 1. The summed E-state index contributed by atoms with van der Waals surface area (Å²) in [5.41, 5.74) is 0.957. The van der Waals surface area contributed by atoms with Gasteiger partial charge in [-0.3, -0.25) is 0 Å². The zero-order valence-electron chi connectivity index (χ0n) is 9.72. The zero-order valence-corrected chi connectivity index (χ0v) is 12.1. The van der Waals surface area contributed by atoms with E-state index in [0.717, 1.165) is 41.8 Å². The summed E-state index contributed by atoms with van der Waals surface area (Å²) in [6.45, 7) is 2.11. The van der Waals surface area contributed by atoms with Crippen LogP contribution < -0.4 is 15.4 Å². The molecule has 1 aliphatic rings. The molecular formula is C12H16BrClN2O. The highest BCUT2D eigenvalue weighted by atomic mass is 79.9. The number of anilines is 1. The second kappa shape index (κ2) is 5.94. The molecule has 1 aromatic carbocycles. The third-order valence-electron chi connectivity index (χ3n) is 2.91. The maximum atomic E-state index is 6.06. The predicted octanol–water partition coefficient (Wildman–Crippen LogP) is 3.28. The Morgan fingerprint density at radius 1 is 1.41 bits per heavy atom. The molecule has 17 heavy (non-hydrogen) atoms. The number of rotatable bonds is 3. The van der Waals surface area contributed by atoms with Crippen LogP contribution in [-0.4, -0.2) is 26.2 Å². The Morgan fingerprint density at radius 3 is 2.76 bits per heavy atom. The van der Waals surface area contributed by atoms with Gasteiger partial charge in [0, 0.05) is 11.1 Å². The minimum absolute atomic E-state index is 0.482. The Morgan fingerprint density at radius 2 is 2.12 bits per heavy atom. The quantitative estimate of drug-likeness (QED) is 0.897. The van der Waals surface area contributed by atoms with Crippen molar-refractivity contribution in [2.24, 2.45) is 0 Å². The highest BCUT2D eigenvalue weighted by Crippen LogP contribution is 2.37. The van der Waals surface area contributed by atoms with Crippen LogP contribution in [0.15, 0.2) is 16.6 Å². The van der Waals surface area contributed by atoms with E-state index in [9.17, 15) is 0 Å². The standard InChI is InChI=1S/C12H16BrClN2O/c1-17-12-10(13)6-8(14)7-11(12)16-9-2-4-15-5-3-9/h6-7,9,15-16H,2-5H2,1H3. The third kappa shape index (κ3) is 3.27. The smallest absolute Gasteiger partial charge is 0.156 e. The van der Waals surface area contributed by atoms with Crippen LogP contribution in [0.5, 0.6) is 5.75 Å². The Labute approximate surface area is 115 Å². The van der Waals surface area contributed by atoms with Crippen LogP contribution in [0.3, 0.4) is 0 Å². The van der Waals surface area contributed by atoms with Crippen LogP contribution in [0.4, 0.5) is 5.69 Å². The molecule has 94 valence electrons. The fourth-order valence-corrected chi connectivity index (χ4v) is 3.03. The number of piperidine rings is 1. The van der Waals surface area contributed by atoms with Gasteiger partial charge in [0.05, 0.1) is 17.3 Å². The monoisotopic (exact) mass is 318 g/mol. The molecule has 0 radical (unpaired) electrons. The third-order valence-corrected chi connectivity index (χ3v) is 3.72. The lowest BCUT2D eigenvalue weighted by Gasteiger charge is -2.26. The minimum atomic E-state index is 0.482. The molecule has 0 atom stereocenters. The van der Waals surface area contributed by atoms with Crippen molar-refractivity contribution in [2.75, 3.05) is 25.5 Å². The lowest BCUT2D eigenvalue weighted by Crippen LogP contribution is -2.35. The fourth-order valence-electron chi connectivity index (χ4n) is 2.06. The molecule has 0 aliphatic carbocycles. The van der Waals surface area contributed by atoms with Gasteiger partial charge in [-0.1, -0.05) is 11.6 Å². The van der Waals surface area contributed by atoms with Gasteiger partial charge in [0.2, 0.25) is 0 Å². The number of hydrogen-bond acceptors (Lipinski definition) is 3. The van der Waals surface area contributed by atoms with Crippen molar-refractivity contribution in [3.63, 3.8) is 0 Å². The summed E-state index contributed by atoms with van der Waals surface area (Å²) in [5.74, 6) is 0.813. The molecule has 0 bridgehead atoms. The first kappa shape index (κ1) is 13.0. The predicted molar refractivity (Wildman–Crippen MR) is 75.2 cm³/mol. The van der Waals surface area contributed by atoms with Crippen LogP contribution >= 0.6 is 27.5 Å². The van der Waals surface area contributed by atoms with Crippen molar-refractivity contribution in [1.29, 1.82) is 0 Å². The zero-order chi connectivity index (χ0) is 12.3. The average molecular weight is 320 g/mol. The van der Waals surface area contributed by atoms with Crippen LogP contribution in [0.2, 0.25) is 5.02 Å². The van der Waals surface area contributed by atoms with E-state index in [1.54, 1.807) is 7.11 Å². The molecule has 1 aromatic rings. The summed E-state index contributed by atoms with van der Waals surface area (Å²) in [5, 5.41) is 7.55. The Bertz CT molecular complexity index is 394. The maximum Gasteiger partial charge on any atom is 0.156 e. The number of hydrogen-bond donors (Lipinski definition) is 2. The van der Waals surface area contributed by atoms with Gasteiger partial charge in [0.1, 0.15) is 0 Å². The molecule has 0 saturated carbocycles. The molecular weight excluding hydrogens is 304 g/mol. The van der Waals surface area contributed by atoms with E-state index in [-0.39, 0.29) is 0 Å². The highest BCUT2D eigenvalue weighted by Gasteiger charge is 2.16. The van der Waals surface area contributed by atoms with E-state index in [1.165, 1.54) is 0 Å². The molecule has 3 nitrogen and oxygen atoms in total. The second-order valence-corrected chi connectivity index (χ2v) is 5.43. The summed E-state index contributed by atoms with van der Waals surface area (Å²) >= 11 is 9.52. The molecule has 1 fully saturated rings. The largest absolute Gasteiger partial charge is 0.493 e. The number of halogens is 2. The van der Waals surface area contributed by atoms with Crippen molar-refractivity contribution in [2.45, 2.75) is 18.9 Å². The van der Waals surface area contributed by atoms with Gasteiger partial charge in [-0.2, -0.15) is 0 Å². The summed E-state index contributed by atoms with van der Waals surface area (Å²) in [6, 6.07) is 4.23. The summed E-state index contributed by atoms with van der Waals surface area (Å²) in [6.07, 6.45) is 2.24. The number of methoxy groups -OCH3 is 1. The SMILES string of the molecule is COc1c(Br)cc(Cl)cc1NC1CCNCC1. The van der Waals surface area contributed by atoms with Gasteiger partial charge in [0.15, 0.2) is 5.75 Å². The van der Waals surface area contributed by atoms with E-state index in [2.05, 4.69) is 26.6 Å². The maximum absolute atomic E-state index is 6.06. The molecule has 2 N–H and O–H groups in total. The van der Waals surface area contributed by atoms with Gasteiger partial charge in [0.25, 0.3) is 0 Å². The first-order valence-electron chi connectivity index (χ1n) is 5.71. The fraction of sp³-hybridized carbons (Fsp3) is 0.500. The molecule has 2 rings (SSSR count). The topological polar surface area (TPSA) is 33.3 Å². The molecule has 0 spiro atoms. The first-order chi connectivity index (χ1) is 8.20. The summed E-state index contributed by atoms with van der Waals surface area (Å²) in [4.78, 5) is 0. The molecule has 5 heteroatoms. The second-order valence-electron chi connectivity index (χ2n) is 4.14. The Balaban J connectivity index is 2.18. The van der Waals surface area contributed by atoms with Gasteiger partial charge >= 0.3 is 0 Å². The lowest BCUT2D eigenvalue weighted by molar-refractivity contribution is 0.411. The van der Waals surface area contributed by atoms with E-state index < -0.39 is 0 Å². The van der Waals surface area contributed by atoms with Crippen LogP contribution in [0.1, 0.15) is 12.8 Å².